The van der Waals surface area contributed by atoms with Gasteiger partial charge in [0, 0.05) is 30.6 Å². The summed E-state index contributed by atoms with van der Waals surface area (Å²) in [7, 11) is 2.06. The van der Waals surface area contributed by atoms with Gasteiger partial charge in [-0.15, -0.1) is 0 Å². The molecule has 2 heteroatoms. The zero-order chi connectivity index (χ0) is 10.8. The summed E-state index contributed by atoms with van der Waals surface area (Å²) < 4.78 is 2.14. The standard InChI is InChI=1S/C13H14N2/c1-10-4-5-12-11(6-7-14-2)9-15(3)13(12)8-10/h4-5,8-9H,6-7H2,1,3H3. The number of hydrogen-bond acceptors (Lipinski definition) is 0. The summed E-state index contributed by atoms with van der Waals surface area (Å²) in [6.07, 6.45) is 2.99. The molecule has 2 aromatic rings. The number of fused-ring (bicyclic) bond motifs is 1. The van der Waals surface area contributed by atoms with Gasteiger partial charge in [0.1, 0.15) is 0 Å². The molecule has 0 unspecified atom stereocenters. The van der Waals surface area contributed by atoms with Crippen molar-refractivity contribution in [2.75, 3.05) is 6.54 Å². The molecular formula is C13H14N2. The van der Waals surface area contributed by atoms with Crippen LogP contribution in [0.2, 0.25) is 0 Å². The van der Waals surface area contributed by atoms with E-state index in [0.717, 1.165) is 6.42 Å². The van der Waals surface area contributed by atoms with Crippen LogP contribution in [0.25, 0.3) is 15.7 Å². The second-order valence-electron chi connectivity index (χ2n) is 3.92. The molecule has 0 aliphatic heterocycles. The van der Waals surface area contributed by atoms with Crippen LogP contribution in [-0.2, 0) is 13.5 Å². The number of nitrogens with zero attached hydrogens (tertiary/aromatic N) is 2. The first-order valence-electron chi connectivity index (χ1n) is 5.10. The van der Waals surface area contributed by atoms with E-state index in [-0.39, 0.29) is 0 Å². The maximum Gasteiger partial charge on any atom is 0.218 e. The first-order chi connectivity index (χ1) is 7.22. The molecule has 0 saturated heterocycles. The largest absolute Gasteiger partial charge is 0.350 e. The molecule has 0 spiro atoms. The topological polar surface area (TPSA) is 9.29 Å². The highest BCUT2D eigenvalue weighted by molar-refractivity contribution is 5.84. The SMILES string of the molecule is [C-]#[N+]CCc1cn(C)c2cc(C)ccc12. The first-order valence-corrected chi connectivity index (χ1v) is 5.10. The Morgan fingerprint density at radius 2 is 2.20 bits per heavy atom. The summed E-state index contributed by atoms with van der Waals surface area (Å²) in [5.41, 5.74) is 3.82. The fraction of sp³-hybridized carbons (Fsp3) is 0.308. The minimum absolute atomic E-state index is 0.576. The van der Waals surface area contributed by atoms with Crippen LogP contribution >= 0.6 is 0 Å². The smallest absolute Gasteiger partial charge is 0.218 e. The van der Waals surface area contributed by atoms with Gasteiger partial charge in [0.25, 0.3) is 0 Å². The molecule has 1 heterocycles. The lowest BCUT2D eigenvalue weighted by molar-refractivity contribution is 0.950. The van der Waals surface area contributed by atoms with E-state index in [1.54, 1.807) is 0 Å². The molecule has 0 saturated carbocycles. The summed E-state index contributed by atoms with van der Waals surface area (Å²) in [6.45, 7) is 9.50. The van der Waals surface area contributed by atoms with E-state index < -0.39 is 0 Å². The van der Waals surface area contributed by atoms with Crippen molar-refractivity contribution in [1.29, 1.82) is 0 Å². The van der Waals surface area contributed by atoms with E-state index in [1.165, 1.54) is 22.0 Å². The Balaban J connectivity index is 2.54. The Morgan fingerprint density at radius 3 is 2.93 bits per heavy atom. The Morgan fingerprint density at radius 1 is 1.40 bits per heavy atom. The minimum atomic E-state index is 0.576. The van der Waals surface area contributed by atoms with Crippen molar-refractivity contribution in [1.82, 2.24) is 4.57 Å². The van der Waals surface area contributed by atoms with Gasteiger partial charge in [-0.2, -0.15) is 0 Å². The number of aryl methyl sites for hydroxylation is 2. The molecule has 0 atom stereocenters. The van der Waals surface area contributed by atoms with Crippen LogP contribution in [0.4, 0.5) is 0 Å². The van der Waals surface area contributed by atoms with Gasteiger partial charge in [-0.1, -0.05) is 12.1 Å². The molecule has 1 aromatic heterocycles. The van der Waals surface area contributed by atoms with Crippen LogP contribution in [0.3, 0.4) is 0 Å². The maximum atomic E-state index is 6.82. The van der Waals surface area contributed by atoms with Crippen molar-refractivity contribution in [2.45, 2.75) is 13.3 Å². The highest BCUT2D eigenvalue weighted by atomic mass is 14.9. The lowest BCUT2D eigenvalue weighted by atomic mass is 10.1. The molecule has 2 nitrogen and oxygen atoms in total. The Kier molecular flexibility index (Phi) is 2.47. The zero-order valence-electron chi connectivity index (χ0n) is 9.12. The highest BCUT2D eigenvalue weighted by Gasteiger charge is 2.06. The van der Waals surface area contributed by atoms with Gasteiger partial charge in [-0.05, 0) is 24.1 Å². The third-order valence-corrected chi connectivity index (χ3v) is 2.72. The molecule has 0 bridgehead atoms. The van der Waals surface area contributed by atoms with Crippen LogP contribution in [0.15, 0.2) is 24.4 Å². The summed E-state index contributed by atoms with van der Waals surface area (Å²) in [4.78, 5) is 3.41. The fourth-order valence-corrected chi connectivity index (χ4v) is 1.95. The molecule has 0 aliphatic carbocycles. The van der Waals surface area contributed by atoms with Gasteiger partial charge in [0.2, 0.25) is 6.54 Å². The molecule has 0 fully saturated rings. The molecular weight excluding hydrogens is 184 g/mol. The average Bonchev–Trinajstić information content (AvgIpc) is 2.53. The highest BCUT2D eigenvalue weighted by Crippen LogP contribution is 2.22. The summed E-state index contributed by atoms with van der Waals surface area (Å²) in [5.74, 6) is 0. The Labute approximate surface area is 90.0 Å². The molecule has 0 N–H and O–H groups in total. The maximum absolute atomic E-state index is 6.82. The Hall–Kier alpha value is -1.75. The lowest BCUT2D eigenvalue weighted by Crippen LogP contribution is -1.85. The van der Waals surface area contributed by atoms with Crippen molar-refractivity contribution < 1.29 is 0 Å². The number of benzene rings is 1. The monoisotopic (exact) mass is 198 g/mol. The zero-order valence-corrected chi connectivity index (χ0v) is 9.12. The van der Waals surface area contributed by atoms with Gasteiger partial charge >= 0.3 is 0 Å². The van der Waals surface area contributed by atoms with E-state index in [4.69, 9.17) is 6.57 Å². The lowest BCUT2D eigenvalue weighted by Gasteiger charge is -1.97. The number of rotatable bonds is 2. The molecule has 0 radical (unpaired) electrons. The average molecular weight is 198 g/mol. The summed E-state index contributed by atoms with van der Waals surface area (Å²) in [6, 6.07) is 6.48. The first kappa shape index (κ1) is 9.79. The van der Waals surface area contributed by atoms with E-state index in [1.807, 2.05) is 0 Å². The van der Waals surface area contributed by atoms with E-state index in [0.29, 0.717) is 6.54 Å². The van der Waals surface area contributed by atoms with Gasteiger partial charge in [-0.25, -0.2) is 6.57 Å². The second-order valence-corrected chi connectivity index (χ2v) is 3.92. The minimum Gasteiger partial charge on any atom is -0.350 e. The third kappa shape index (κ3) is 1.73. The summed E-state index contributed by atoms with van der Waals surface area (Å²) >= 11 is 0. The normalized spacial score (nSPS) is 10.5. The van der Waals surface area contributed by atoms with Crippen LogP contribution in [0, 0.1) is 13.5 Å². The second kappa shape index (κ2) is 3.78. The van der Waals surface area contributed by atoms with E-state index >= 15 is 0 Å². The fourth-order valence-electron chi connectivity index (χ4n) is 1.95. The van der Waals surface area contributed by atoms with Gasteiger partial charge < -0.3 is 9.41 Å². The van der Waals surface area contributed by atoms with Crippen molar-refractivity contribution in [2.24, 2.45) is 7.05 Å². The predicted octanol–water partition coefficient (Wildman–Crippen LogP) is 2.95. The summed E-state index contributed by atoms with van der Waals surface area (Å²) in [5, 5.41) is 1.28. The van der Waals surface area contributed by atoms with Crippen molar-refractivity contribution in [3.05, 3.63) is 46.9 Å². The number of aromatic nitrogens is 1. The van der Waals surface area contributed by atoms with Crippen LogP contribution in [0.5, 0.6) is 0 Å². The van der Waals surface area contributed by atoms with Crippen LogP contribution in [0.1, 0.15) is 11.1 Å². The van der Waals surface area contributed by atoms with Gasteiger partial charge in [-0.3, -0.25) is 0 Å². The van der Waals surface area contributed by atoms with Crippen LogP contribution in [-0.4, -0.2) is 11.1 Å². The molecule has 15 heavy (non-hydrogen) atoms. The van der Waals surface area contributed by atoms with E-state index in [9.17, 15) is 0 Å². The Bertz CT molecular complexity index is 529. The number of hydrogen-bond donors (Lipinski definition) is 0. The quantitative estimate of drug-likeness (QED) is 0.656. The van der Waals surface area contributed by atoms with Crippen LogP contribution < -0.4 is 0 Å². The van der Waals surface area contributed by atoms with Crippen molar-refractivity contribution in [3.8, 4) is 0 Å². The van der Waals surface area contributed by atoms with Gasteiger partial charge in [0.15, 0.2) is 0 Å². The van der Waals surface area contributed by atoms with Crippen molar-refractivity contribution >= 4 is 10.9 Å². The van der Waals surface area contributed by atoms with Crippen molar-refractivity contribution in [3.63, 3.8) is 0 Å². The van der Waals surface area contributed by atoms with E-state index in [2.05, 4.69) is 47.8 Å². The molecule has 2 rings (SSSR count). The van der Waals surface area contributed by atoms with Gasteiger partial charge in [0.05, 0.1) is 0 Å². The molecule has 0 amide bonds. The predicted molar refractivity (Wildman–Crippen MR) is 62.8 cm³/mol. The molecule has 76 valence electrons. The third-order valence-electron chi connectivity index (χ3n) is 2.72. The molecule has 1 aromatic carbocycles. The molecule has 0 aliphatic rings.